The van der Waals surface area contributed by atoms with Crippen molar-refractivity contribution in [3.8, 4) is 39.9 Å². The Labute approximate surface area is 267 Å². The highest BCUT2D eigenvalue weighted by Gasteiger charge is 2.25. The van der Waals surface area contributed by atoms with Crippen LogP contribution < -0.4 is 18.9 Å². The summed E-state index contributed by atoms with van der Waals surface area (Å²) in [5, 5.41) is 6.69. The van der Waals surface area contributed by atoms with Crippen molar-refractivity contribution in [3.05, 3.63) is 103 Å². The number of fused-ring (bicyclic) bond motifs is 3. The Morgan fingerprint density at radius 2 is 1.04 bits per heavy atom. The van der Waals surface area contributed by atoms with Gasteiger partial charge in [0.1, 0.15) is 54.2 Å². The van der Waals surface area contributed by atoms with E-state index >= 15 is 0 Å². The molecule has 0 bridgehead atoms. The normalized spacial score (nSPS) is 18.5. The van der Waals surface area contributed by atoms with Crippen LogP contribution in [0.15, 0.2) is 103 Å². The first kappa shape index (κ1) is 27.5. The van der Waals surface area contributed by atoms with Crippen molar-refractivity contribution in [3.63, 3.8) is 0 Å². The molecule has 46 heavy (non-hydrogen) atoms. The Bertz CT molecular complexity index is 2070. The first-order valence-corrected chi connectivity index (χ1v) is 16.1. The van der Waals surface area contributed by atoms with E-state index in [9.17, 15) is 0 Å². The molecule has 2 saturated heterocycles. The molecule has 2 atom stereocenters. The summed E-state index contributed by atoms with van der Waals surface area (Å²) in [5.41, 5.74) is 2.17. The number of epoxide rings is 2. The Morgan fingerprint density at radius 3 is 1.70 bits per heavy atom. The predicted octanol–water partition coefficient (Wildman–Crippen LogP) is 8.95. The van der Waals surface area contributed by atoms with Gasteiger partial charge in [-0.2, -0.15) is 0 Å². The van der Waals surface area contributed by atoms with Crippen LogP contribution >= 0.6 is 0 Å². The molecule has 1 saturated carbocycles. The van der Waals surface area contributed by atoms with E-state index < -0.39 is 0 Å². The summed E-state index contributed by atoms with van der Waals surface area (Å²) < 4.78 is 35.5. The van der Waals surface area contributed by atoms with Gasteiger partial charge in [0.25, 0.3) is 0 Å². The van der Waals surface area contributed by atoms with E-state index in [0.717, 1.165) is 92.0 Å². The second kappa shape index (κ2) is 11.5. The maximum atomic E-state index is 6.49. The van der Waals surface area contributed by atoms with Crippen LogP contribution in [-0.2, 0) is 9.47 Å². The maximum Gasteiger partial charge on any atom is 0.128 e. The van der Waals surface area contributed by atoms with Crippen molar-refractivity contribution in [2.75, 3.05) is 33.0 Å². The molecule has 230 valence electrons. The predicted molar refractivity (Wildman–Crippen MR) is 180 cm³/mol. The van der Waals surface area contributed by atoms with Crippen molar-refractivity contribution < 1.29 is 28.4 Å². The van der Waals surface area contributed by atoms with Crippen molar-refractivity contribution in [1.29, 1.82) is 0 Å². The average molecular weight is 611 g/mol. The summed E-state index contributed by atoms with van der Waals surface area (Å²) in [5.74, 6) is 4.76. The highest BCUT2D eigenvalue weighted by molar-refractivity contribution is 6.02. The van der Waals surface area contributed by atoms with Gasteiger partial charge in [-0.3, -0.25) is 0 Å². The molecular weight excluding hydrogens is 576 g/mol. The minimum absolute atomic E-state index is 0.217. The van der Waals surface area contributed by atoms with E-state index in [2.05, 4.69) is 78.9 Å². The molecule has 0 amide bonds. The number of ether oxygens (including phenoxy) is 6. The summed E-state index contributed by atoms with van der Waals surface area (Å²) in [6.07, 6.45) is 2.91. The zero-order valence-electron chi connectivity index (χ0n) is 25.4. The van der Waals surface area contributed by atoms with E-state index in [-0.39, 0.29) is 12.2 Å². The zero-order chi connectivity index (χ0) is 30.5. The minimum Gasteiger partial charge on any atom is -0.493 e. The second-order valence-corrected chi connectivity index (χ2v) is 12.6. The van der Waals surface area contributed by atoms with Crippen molar-refractivity contribution in [2.45, 2.75) is 25.0 Å². The first-order valence-electron chi connectivity index (χ1n) is 16.1. The Hall–Kier alpha value is -4.78. The van der Waals surface area contributed by atoms with Gasteiger partial charge in [0.05, 0.1) is 19.8 Å². The van der Waals surface area contributed by atoms with Gasteiger partial charge in [-0.15, -0.1) is 0 Å². The van der Waals surface area contributed by atoms with Crippen LogP contribution in [0.25, 0.3) is 43.4 Å². The summed E-state index contributed by atoms with van der Waals surface area (Å²) in [4.78, 5) is 0. The number of hydrogen-bond acceptors (Lipinski definition) is 6. The molecule has 1 aliphatic carbocycles. The molecule has 2 aliphatic heterocycles. The lowest BCUT2D eigenvalue weighted by molar-refractivity contribution is 0.263. The van der Waals surface area contributed by atoms with E-state index in [1.54, 1.807) is 0 Å². The topological polar surface area (TPSA) is 62.0 Å². The molecule has 0 spiro atoms. The van der Waals surface area contributed by atoms with Crippen LogP contribution in [0.1, 0.15) is 12.8 Å². The van der Waals surface area contributed by atoms with Crippen molar-refractivity contribution in [2.24, 2.45) is 5.92 Å². The summed E-state index contributed by atoms with van der Waals surface area (Å²) >= 11 is 0. The van der Waals surface area contributed by atoms with Crippen LogP contribution in [0.2, 0.25) is 0 Å². The van der Waals surface area contributed by atoms with E-state index in [0.29, 0.717) is 19.1 Å². The Kier molecular flexibility index (Phi) is 6.90. The lowest BCUT2D eigenvalue weighted by Gasteiger charge is -2.17. The van der Waals surface area contributed by atoms with Gasteiger partial charge in [-0.1, -0.05) is 42.5 Å². The van der Waals surface area contributed by atoms with Crippen LogP contribution in [0.3, 0.4) is 0 Å². The second-order valence-electron chi connectivity index (χ2n) is 12.6. The molecule has 6 heteroatoms. The standard InChI is InChI=1S/C40H34O6/c1-2-25(1)20-45-39-14-9-28-8-13-35(46-34-12-7-27-6-11-33(17-31(27)18-34)42-22-37-24-44-37)19-38(28)40(39)29-4-3-26-5-10-32(16-30(26)15-29)41-21-36-23-43-36/h3-19,25,36-37H,1-2,20-24H2. The molecule has 3 aliphatic rings. The molecule has 6 aromatic rings. The smallest absolute Gasteiger partial charge is 0.128 e. The van der Waals surface area contributed by atoms with Crippen LogP contribution in [0, 0.1) is 5.92 Å². The molecular formula is C40H34O6. The lowest BCUT2D eigenvalue weighted by atomic mass is 9.95. The van der Waals surface area contributed by atoms with Gasteiger partial charge in [0, 0.05) is 5.56 Å². The molecule has 6 aromatic carbocycles. The largest absolute Gasteiger partial charge is 0.493 e. The van der Waals surface area contributed by atoms with Crippen LogP contribution in [0.4, 0.5) is 0 Å². The number of benzene rings is 6. The Morgan fingerprint density at radius 1 is 0.500 bits per heavy atom. The summed E-state index contributed by atoms with van der Waals surface area (Å²) in [6, 6.07) is 35.7. The quantitative estimate of drug-likeness (QED) is 0.129. The number of hydrogen-bond donors (Lipinski definition) is 0. The highest BCUT2D eigenvalue weighted by atomic mass is 16.6. The monoisotopic (exact) mass is 610 g/mol. The molecule has 3 fully saturated rings. The van der Waals surface area contributed by atoms with Gasteiger partial charge in [0.2, 0.25) is 0 Å². The highest BCUT2D eigenvalue weighted by Crippen LogP contribution is 2.42. The fraction of sp³-hybridized carbons (Fsp3) is 0.250. The third-order valence-corrected chi connectivity index (χ3v) is 8.92. The lowest BCUT2D eigenvalue weighted by Crippen LogP contribution is -2.03. The third kappa shape index (κ3) is 6.06. The molecule has 9 rings (SSSR count). The molecule has 2 heterocycles. The van der Waals surface area contributed by atoms with Crippen LogP contribution in [0.5, 0.6) is 28.7 Å². The van der Waals surface area contributed by atoms with Crippen LogP contribution in [-0.4, -0.2) is 45.2 Å². The SMILES string of the molecule is c1cc2ccc(Oc3ccc4ccc(OCC5CC5)c(-c5ccc6ccc(OCC7CO7)cc6c5)c4c3)cc2cc1OCC1CO1. The van der Waals surface area contributed by atoms with E-state index in [4.69, 9.17) is 28.4 Å². The zero-order valence-corrected chi connectivity index (χ0v) is 25.4. The molecule has 0 radical (unpaired) electrons. The Balaban J connectivity index is 1.07. The molecule has 6 nitrogen and oxygen atoms in total. The fourth-order valence-corrected chi connectivity index (χ4v) is 5.92. The molecule has 0 N–H and O–H groups in total. The first-order chi connectivity index (χ1) is 22.7. The summed E-state index contributed by atoms with van der Waals surface area (Å²) in [6.45, 7) is 3.45. The van der Waals surface area contributed by atoms with Gasteiger partial charge >= 0.3 is 0 Å². The van der Waals surface area contributed by atoms with Gasteiger partial charge in [-0.25, -0.2) is 0 Å². The third-order valence-electron chi connectivity index (χ3n) is 8.92. The average Bonchev–Trinajstić information content (AvgIpc) is 3.93. The maximum absolute atomic E-state index is 6.49. The van der Waals surface area contributed by atoms with E-state index in [1.165, 1.54) is 12.8 Å². The van der Waals surface area contributed by atoms with Crippen molar-refractivity contribution >= 4 is 32.3 Å². The number of rotatable bonds is 12. The minimum atomic E-state index is 0.217. The van der Waals surface area contributed by atoms with Gasteiger partial charge < -0.3 is 28.4 Å². The van der Waals surface area contributed by atoms with E-state index in [1.807, 2.05) is 24.3 Å². The van der Waals surface area contributed by atoms with Gasteiger partial charge in [-0.05, 0) is 117 Å². The van der Waals surface area contributed by atoms with Gasteiger partial charge in [0.15, 0.2) is 0 Å². The summed E-state index contributed by atoms with van der Waals surface area (Å²) in [7, 11) is 0. The molecule has 0 aromatic heterocycles. The fourth-order valence-electron chi connectivity index (χ4n) is 5.92. The molecule has 2 unspecified atom stereocenters. The van der Waals surface area contributed by atoms with Crippen molar-refractivity contribution in [1.82, 2.24) is 0 Å².